The average Bonchev–Trinajstić information content (AvgIpc) is 2.08. The highest BCUT2D eigenvalue weighted by atomic mass is 16.6. The molecule has 1 aliphatic heterocycles. The first-order valence-corrected chi connectivity index (χ1v) is 3.78. The molecule has 5 nitrogen and oxygen atoms in total. The number of hydrogen-bond donors (Lipinski definition) is 2. The molecule has 1 amide bonds. The van der Waals surface area contributed by atoms with E-state index in [-0.39, 0.29) is 12.6 Å². The lowest BCUT2D eigenvalue weighted by Gasteiger charge is -2.09. The summed E-state index contributed by atoms with van der Waals surface area (Å²) in [5, 5.41) is 10.0. The SMILES string of the molecule is C1COCCO1.CC(=O)NCO. The molecule has 1 fully saturated rings. The van der Waals surface area contributed by atoms with Crippen LogP contribution in [0.25, 0.3) is 0 Å². The van der Waals surface area contributed by atoms with Crippen molar-refractivity contribution in [3.8, 4) is 0 Å². The number of aliphatic hydroxyl groups is 1. The Morgan fingerprint density at radius 2 is 1.75 bits per heavy atom. The Balaban J connectivity index is 0.000000202. The van der Waals surface area contributed by atoms with E-state index in [2.05, 4.69) is 5.32 Å². The predicted molar refractivity (Wildman–Crippen MR) is 42.5 cm³/mol. The smallest absolute Gasteiger partial charge is 0.218 e. The minimum Gasteiger partial charge on any atom is -0.377 e. The van der Waals surface area contributed by atoms with E-state index in [9.17, 15) is 4.79 Å². The largest absolute Gasteiger partial charge is 0.377 e. The Bertz CT molecular complexity index is 102. The van der Waals surface area contributed by atoms with Gasteiger partial charge in [0.15, 0.2) is 0 Å². The quantitative estimate of drug-likeness (QED) is 0.510. The van der Waals surface area contributed by atoms with Gasteiger partial charge in [0.05, 0.1) is 26.4 Å². The van der Waals surface area contributed by atoms with Crippen molar-refractivity contribution in [2.75, 3.05) is 33.2 Å². The van der Waals surface area contributed by atoms with Crippen molar-refractivity contribution in [3.63, 3.8) is 0 Å². The molecule has 0 bridgehead atoms. The van der Waals surface area contributed by atoms with Crippen molar-refractivity contribution in [3.05, 3.63) is 0 Å². The van der Waals surface area contributed by atoms with Gasteiger partial charge in [-0.05, 0) is 0 Å². The van der Waals surface area contributed by atoms with Gasteiger partial charge in [0.25, 0.3) is 0 Å². The van der Waals surface area contributed by atoms with Crippen LogP contribution in [0.2, 0.25) is 0 Å². The Morgan fingerprint density at radius 3 is 1.83 bits per heavy atom. The minimum absolute atomic E-state index is 0.211. The molecule has 0 aromatic heterocycles. The van der Waals surface area contributed by atoms with Crippen LogP contribution in [0.5, 0.6) is 0 Å². The third-order valence-electron chi connectivity index (χ3n) is 1.07. The fourth-order valence-corrected chi connectivity index (χ4v) is 0.551. The number of carbonyl (C=O) groups excluding carboxylic acids is 1. The molecule has 0 aromatic carbocycles. The maximum absolute atomic E-state index is 9.77. The second-order valence-corrected chi connectivity index (χ2v) is 2.12. The van der Waals surface area contributed by atoms with Crippen LogP contribution in [0, 0.1) is 0 Å². The fourth-order valence-electron chi connectivity index (χ4n) is 0.551. The first-order chi connectivity index (χ1) is 5.77. The van der Waals surface area contributed by atoms with Gasteiger partial charge in [0, 0.05) is 6.92 Å². The molecule has 72 valence electrons. The predicted octanol–water partition coefficient (Wildman–Crippen LogP) is -0.894. The van der Waals surface area contributed by atoms with Gasteiger partial charge in [-0.15, -0.1) is 0 Å². The first-order valence-electron chi connectivity index (χ1n) is 3.78. The highest BCUT2D eigenvalue weighted by molar-refractivity contribution is 5.72. The van der Waals surface area contributed by atoms with E-state index in [1.165, 1.54) is 6.92 Å². The maximum atomic E-state index is 9.77. The van der Waals surface area contributed by atoms with Gasteiger partial charge in [-0.3, -0.25) is 4.79 Å². The van der Waals surface area contributed by atoms with Gasteiger partial charge < -0.3 is 19.9 Å². The number of carbonyl (C=O) groups is 1. The van der Waals surface area contributed by atoms with E-state index < -0.39 is 0 Å². The number of ether oxygens (including phenoxy) is 2. The molecule has 0 aromatic rings. The second-order valence-electron chi connectivity index (χ2n) is 2.12. The van der Waals surface area contributed by atoms with Crippen molar-refractivity contribution in [1.82, 2.24) is 5.32 Å². The maximum Gasteiger partial charge on any atom is 0.218 e. The van der Waals surface area contributed by atoms with Crippen molar-refractivity contribution in [2.45, 2.75) is 6.92 Å². The molecule has 0 atom stereocenters. The van der Waals surface area contributed by atoms with Crippen molar-refractivity contribution in [2.24, 2.45) is 0 Å². The van der Waals surface area contributed by atoms with Crippen LogP contribution in [-0.4, -0.2) is 44.2 Å². The summed E-state index contributed by atoms with van der Waals surface area (Å²) < 4.78 is 9.89. The Morgan fingerprint density at radius 1 is 1.33 bits per heavy atom. The van der Waals surface area contributed by atoms with Gasteiger partial charge >= 0.3 is 0 Å². The normalized spacial score (nSPS) is 15.8. The number of amides is 1. The van der Waals surface area contributed by atoms with E-state index in [1.54, 1.807) is 0 Å². The van der Waals surface area contributed by atoms with E-state index in [0.717, 1.165) is 26.4 Å². The molecule has 1 rings (SSSR count). The molecule has 12 heavy (non-hydrogen) atoms. The fraction of sp³-hybridized carbons (Fsp3) is 0.857. The number of nitrogens with one attached hydrogen (secondary N) is 1. The second kappa shape index (κ2) is 8.45. The molecule has 0 unspecified atom stereocenters. The van der Waals surface area contributed by atoms with E-state index in [4.69, 9.17) is 14.6 Å². The molecule has 0 saturated carbocycles. The highest BCUT2D eigenvalue weighted by Crippen LogP contribution is 1.85. The minimum atomic E-state index is -0.269. The van der Waals surface area contributed by atoms with Crippen LogP contribution < -0.4 is 5.32 Å². The highest BCUT2D eigenvalue weighted by Gasteiger charge is 1.94. The molecule has 0 spiro atoms. The van der Waals surface area contributed by atoms with Gasteiger partial charge in [0.1, 0.15) is 6.73 Å². The molecule has 1 heterocycles. The van der Waals surface area contributed by atoms with Gasteiger partial charge in [0.2, 0.25) is 5.91 Å². The van der Waals surface area contributed by atoms with Crippen LogP contribution in [0.3, 0.4) is 0 Å². The molecule has 0 aliphatic carbocycles. The summed E-state index contributed by atoms with van der Waals surface area (Å²) >= 11 is 0. The molecule has 5 heteroatoms. The van der Waals surface area contributed by atoms with Gasteiger partial charge in [-0.25, -0.2) is 0 Å². The summed E-state index contributed by atoms with van der Waals surface area (Å²) in [5.74, 6) is -0.211. The zero-order valence-electron chi connectivity index (χ0n) is 7.21. The Hall–Kier alpha value is -0.650. The standard InChI is InChI=1S/C4H8O2.C3H7NO2/c1-2-6-4-3-5-1;1-3(6)4-2-5/h1-4H2;5H,2H2,1H3,(H,4,6). The molecule has 1 aliphatic rings. The summed E-state index contributed by atoms with van der Waals surface area (Å²) in [6, 6.07) is 0. The van der Waals surface area contributed by atoms with Crippen LogP contribution in [0.1, 0.15) is 6.92 Å². The monoisotopic (exact) mass is 177 g/mol. The van der Waals surface area contributed by atoms with Crippen LogP contribution in [0.15, 0.2) is 0 Å². The Labute approximate surface area is 71.7 Å². The summed E-state index contributed by atoms with van der Waals surface area (Å²) in [6.07, 6.45) is 0. The summed E-state index contributed by atoms with van der Waals surface area (Å²) in [6.45, 7) is 4.19. The van der Waals surface area contributed by atoms with Crippen molar-refractivity contribution in [1.29, 1.82) is 0 Å². The van der Waals surface area contributed by atoms with Crippen molar-refractivity contribution >= 4 is 5.91 Å². The van der Waals surface area contributed by atoms with E-state index in [0.29, 0.717) is 0 Å². The lowest BCUT2D eigenvalue weighted by molar-refractivity contribution is -0.120. The topological polar surface area (TPSA) is 67.8 Å². The zero-order chi connectivity index (χ0) is 9.23. The molecule has 2 N–H and O–H groups in total. The van der Waals surface area contributed by atoms with Crippen molar-refractivity contribution < 1.29 is 19.4 Å². The molecular formula is C7H15NO4. The van der Waals surface area contributed by atoms with Crippen LogP contribution >= 0.6 is 0 Å². The van der Waals surface area contributed by atoms with Crippen LogP contribution in [0.4, 0.5) is 0 Å². The number of rotatable bonds is 1. The van der Waals surface area contributed by atoms with E-state index >= 15 is 0 Å². The first kappa shape index (κ1) is 11.4. The third kappa shape index (κ3) is 9.35. The third-order valence-corrected chi connectivity index (χ3v) is 1.07. The molecular weight excluding hydrogens is 162 g/mol. The zero-order valence-corrected chi connectivity index (χ0v) is 7.21. The van der Waals surface area contributed by atoms with E-state index in [1.807, 2.05) is 0 Å². The number of hydrogen-bond acceptors (Lipinski definition) is 4. The summed E-state index contributed by atoms with van der Waals surface area (Å²) in [5.41, 5.74) is 0. The lowest BCUT2D eigenvalue weighted by Crippen LogP contribution is -2.19. The van der Waals surface area contributed by atoms with Gasteiger partial charge in [-0.1, -0.05) is 0 Å². The van der Waals surface area contributed by atoms with Crippen LogP contribution in [-0.2, 0) is 14.3 Å². The number of aliphatic hydroxyl groups excluding tert-OH is 1. The summed E-state index contributed by atoms with van der Waals surface area (Å²) in [7, 11) is 0. The van der Waals surface area contributed by atoms with Gasteiger partial charge in [-0.2, -0.15) is 0 Å². The Kier molecular flexibility index (Phi) is 7.99. The lowest BCUT2D eigenvalue weighted by atomic mass is 10.6. The molecule has 1 saturated heterocycles. The molecule has 0 radical (unpaired) electrons. The summed E-state index contributed by atoms with van der Waals surface area (Å²) in [4.78, 5) is 9.77. The average molecular weight is 177 g/mol.